The third kappa shape index (κ3) is 4.77. The number of likely N-dealkylation sites (tertiary alicyclic amines) is 1. The van der Waals surface area contributed by atoms with E-state index in [1.54, 1.807) is 6.20 Å². The second-order valence-electron chi connectivity index (χ2n) is 9.84. The number of carbonyl (C=O) groups is 1. The van der Waals surface area contributed by atoms with Gasteiger partial charge >= 0.3 is 0 Å². The van der Waals surface area contributed by atoms with Gasteiger partial charge in [0.25, 0.3) is 0 Å². The Hall–Kier alpha value is -4.26. The highest BCUT2D eigenvalue weighted by atomic mass is 16.2. The van der Waals surface area contributed by atoms with Gasteiger partial charge in [0.1, 0.15) is 5.82 Å². The van der Waals surface area contributed by atoms with Crippen molar-refractivity contribution in [3.05, 3.63) is 102 Å². The molecule has 1 N–H and O–H groups in total. The zero-order valence-corrected chi connectivity index (χ0v) is 21.0. The first kappa shape index (κ1) is 23.2. The quantitative estimate of drug-likeness (QED) is 0.356. The summed E-state index contributed by atoms with van der Waals surface area (Å²) in [5, 5.41) is 10.4. The number of pyridine rings is 1. The Bertz CT molecular complexity index is 1560. The molecule has 1 unspecified atom stereocenters. The van der Waals surface area contributed by atoms with Gasteiger partial charge in [-0.3, -0.25) is 9.78 Å². The minimum absolute atomic E-state index is 0.178. The molecular weight excluding hydrogens is 460 g/mol. The summed E-state index contributed by atoms with van der Waals surface area (Å²) in [7, 11) is 0. The number of anilines is 1. The van der Waals surface area contributed by atoms with Crippen LogP contribution in [0.25, 0.3) is 16.4 Å². The third-order valence-electron chi connectivity index (χ3n) is 7.28. The molecule has 2 aromatic carbocycles. The Labute approximate surface area is 216 Å². The van der Waals surface area contributed by atoms with Gasteiger partial charge in [0.05, 0.1) is 18.3 Å². The van der Waals surface area contributed by atoms with E-state index in [9.17, 15) is 4.79 Å². The zero-order chi connectivity index (χ0) is 25.2. The molecule has 1 atom stereocenters. The summed E-state index contributed by atoms with van der Waals surface area (Å²) in [4.78, 5) is 24.7. The van der Waals surface area contributed by atoms with Crippen molar-refractivity contribution < 1.29 is 4.79 Å². The Balaban J connectivity index is 1.23. The number of hydrogen-bond donors (Lipinski definition) is 1. The minimum Gasteiger partial charge on any atom is -0.366 e. The molecule has 0 spiro atoms. The van der Waals surface area contributed by atoms with Crippen molar-refractivity contribution >= 4 is 28.1 Å². The average molecular weight is 491 g/mol. The molecule has 3 aromatic heterocycles. The predicted octanol–water partition coefficient (Wildman–Crippen LogP) is 5.15. The van der Waals surface area contributed by atoms with E-state index in [1.165, 1.54) is 5.39 Å². The number of carbonyl (C=O) groups excluding carboxylic acids is 1. The molecule has 37 heavy (non-hydrogen) atoms. The lowest BCUT2D eigenvalue weighted by atomic mass is 9.93. The van der Waals surface area contributed by atoms with E-state index in [0.717, 1.165) is 58.6 Å². The fraction of sp³-hybridized carbons (Fsp3) is 0.267. The minimum atomic E-state index is 0.178. The van der Waals surface area contributed by atoms with Crippen LogP contribution in [0.4, 0.5) is 5.82 Å². The van der Waals surface area contributed by atoms with Crippen LogP contribution in [0.1, 0.15) is 41.1 Å². The molecule has 0 radical (unpaired) electrons. The number of fused-ring (bicyclic) bond motifs is 2. The van der Waals surface area contributed by atoms with Gasteiger partial charge in [-0.15, -0.1) is 0 Å². The number of benzene rings is 2. The Morgan fingerprint density at radius 2 is 1.97 bits per heavy atom. The van der Waals surface area contributed by atoms with E-state index in [4.69, 9.17) is 4.98 Å². The van der Waals surface area contributed by atoms with Gasteiger partial charge in [-0.1, -0.05) is 48.5 Å². The monoisotopic (exact) mass is 490 g/mol. The average Bonchev–Trinajstić information content (AvgIpc) is 3.33. The van der Waals surface area contributed by atoms with Crippen molar-refractivity contribution in [2.45, 2.75) is 38.6 Å². The zero-order valence-electron chi connectivity index (χ0n) is 21.0. The second kappa shape index (κ2) is 10.0. The molecule has 1 aliphatic rings. The number of nitrogens with zero attached hydrogens (tertiary/aromatic N) is 5. The van der Waals surface area contributed by atoms with E-state index in [-0.39, 0.29) is 11.8 Å². The molecule has 0 bridgehead atoms. The van der Waals surface area contributed by atoms with E-state index >= 15 is 0 Å². The van der Waals surface area contributed by atoms with Crippen LogP contribution in [0.2, 0.25) is 0 Å². The van der Waals surface area contributed by atoms with Crippen molar-refractivity contribution in [2.75, 3.05) is 18.4 Å². The summed E-state index contributed by atoms with van der Waals surface area (Å²) < 4.78 is 1.86. The maximum atomic E-state index is 13.4. The van der Waals surface area contributed by atoms with Crippen LogP contribution in [0.3, 0.4) is 0 Å². The summed E-state index contributed by atoms with van der Waals surface area (Å²) in [6.07, 6.45) is 7.88. The number of piperidine rings is 1. The van der Waals surface area contributed by atoms with Crippen LogP contribution >= 0.6 is 0 Å². The summed E-state index contributed by atoms with van der Waals surface area (Å²) >= 11 is 0. The lowest BCUT2D eigenvalue weighted by Gasteiger charge is -2.33. The maximum Gasteiger partial charge on any atom is 0.227 e. The summed E-state index contributed by atoms with van der Waals surface area (Å²) in [5.41, 5.74) is 5.08. The molecule has 1 fully saturated rings. The van der Waals surface area contributed by atoms with E-state index in [2.05, 4.69) is 45.7 Å². The van der Waals surface area contributed by atoms with Crippen LogP contribution in [-0.4, -0.2) is 43.5 Å². The van der Waals surface area contributed by atoms with E-state index < -0.39 is 0 Å². The Morgan fingerprint density at radius 3 is 2.86 bits per heavy atom. The van der Waals surface area contributed by atoms with E-state index in [1.807, 2.05) is 59.1 Å². The molecule has 7 heteroatoms. The molecule has 0 saturated carbocycles. The largest absolute Gasteiger partial charge is 0.366 e. The number of rotatable bonds is 6. The summed E-state index contributed by atoms with van der Waals surface area (Å²) in [6.45, 7) is 4.15. The molecule has 0 aliphatic carbocycles. The topological polar surface area (TPSA) is 75.4 Å². The number of aryl methyl sites for hydroxylation is 1. The lowest BCUT2D eigenvalue weighted by molar-refractivity contribution is -0.131. The highest BCUT2D eigenvalue weighted by Crippen LogP contribution is 2.29. The molecule has 4 heterocycles. The highest BCUT2D eigenvalue weighted by Gasteiger charge is 2.27. The van der Waals surface area contributed by atoms with Gasteiger partial charge in [0.2, 0.25) is 5.91 Å². The molecule has 1 amide bonds. The normalized spacial score (nSPS) is 15.8. The first-order valence-electron chi connectivity index (χ1n) is 12.9. The van der Waals surface area contributed by atoms with Crippen LogP contribution in [0.15, 0.2) is 79.3 Å². The third-order valence-corrected chi connectivity index (χ3v) is 7.28. The molecule has 1 saturated heterocycles. The van der Waals surface area contributed by atoms with Gasteiger partial charge in [0.15, 0.2) is 5.65 Å². The number of hydrogen-bond acceptors (Lipinski definition) is 5. The highest BCUT2D eigenvalue weighted by molar-refractivity contribution is 5.90. The maximum absolute atomic E-state index is 13.4. The van der Waals surface area contributed by atoms with Crippen molar-refractivity contribution in [3.8, 4) is 0 Å². The van der Waals surface area contributed by atoms with Gasteiger partial charge in [0, 0.05) is 49.6 Å². The molecule has 1 aliphatic heterocycles. The first-order valence-corrected chi connectivity index (χ1v) is 12.9. The van der Waals surface area contributed by atoms with Crippen molar-refractivity contribution in [1.29, 1.82) is 0 Å². The fourth-order valence-electron chi connectivity index (χ4n) is 5.29. The molecule has 6 rings (SSSR count). The van der Waals surface area contributed by atoms with Gasteiger partial charge in [-0.25, -0.2) is 4.98 Å². The number of aromatic nitrogens is 4. The Kier molecular flexibility index (Phi) is 6.26. The van der Waals surface area contributed by atoms with Crippen molar-refractivity contribution in [2.24, 2.45) is 0 Å². The lowest BCUT2D eigenvalue weighted by Crippen LogP contribution is -2.40. The smallest absolute Gasteiger partial charge is 0.227 e. The standard InChI is InChI=1S/C30H30N6O/c1-21-17-33-36-28(32-19-22-7-5-13-31-18-22)16-27(34-30(21)36)25-11-6-14-35(20-25)29(37)15-24-10-4-9-23-8-2-3-12-26(23)24/h2-5,7-10,12-13,16-18,25,32H,6,11,14-15,19-20H2,1H3. The molecule has 7 nitrogen and oxygen atoms in total. The molecule has 5 aromatic rings. The van der Waals surface area contributed by atoms with Gasteiger partial charge in [-0.2, -0.15) is 9.61 Å². The van der Waals surface area contributed by atoms with Crippen LogP contribution in [0.5, 0.6) is 0 Å². The van der Waals surface area contributed by atoms with Crippen molar-refractivity contribution in [3.63, 3.8) is 0 Å². The summed E-state index contributed by atoms with van der Waals surface area (Å²) in [5.74, 6) is 1.26. The van der Waals surface area contributed by atoms with Gasteiger partial charge in [-0.05, 0) is 47.7 Å². The molecule has 186 valence electrons. The van der Waals surface area contributed by atoms with Crippen LogP contribution in [0, 0.1) is 6.92 Å². The van der Waals surface area contributed by atoms with Crippen LogP contribution in [-0.2, 0) is 17.8 Å². The van der Waals surface area contributed by atoms with E-state index in [0.29, 0.717) is 19.5 Å². The predicted molar refractivity (Wildman–Crippen MR) is 145 cm³/mol. The van der Waals surface area contributed by atoms with Crippen LogP contribution < -0.4 is 5.32 Å². The fourth-order valence-corrected chi connectivity index (χ4v) is 5.29. The second-order valence-corrected chi connectivity index (χ2v) is 9.84. The first-order chi connectivity index (χ1) is 18.2. The Morgan fingerprint density at radius 1 is 1.08 bits per heavy atom. The van der Waals surface area contributed by atoms with Crippen molar-refractivity contribution in [1.82, 2.24) is 24.5 Å². The number of amides is 1. The number of nitrogens with one attached hydrogen (secondary N) is 1. The SMILES string of the molecule is Cc1cnn2c(NCc3cccnc3)cc(C3CCCN(C(=O)Cc4cccc5ccccc45)C3)nc12. The molecular formula is C30H30N6O. The van der Waals surface area contributed by atoms with Gasteiger partial charge < -0.3 is 10.2 Å². The summed E-state index contributed by atoms with van der Waals surface area (Å²) in [6, 6.07) is 20.6.